The van der Waals surface area contributed by atoms with Gasteiger partial charge in [0.05, 0.1) is 29.8 Å². The minimum absolute atomic E-state index is 0.0366. The normalized spacial score (nSPS) is 12.7. The van der Waals surface area contributed by atoms with E-state index in [1.807, 2.05) is 0 Å². The van der Waals surface area contributed by atoms with Gasteiger partial charge < -0.3 is 16.2 Å². The largest absolute Gasteiger partial charge is 0.396 e. The lowest BCUT2D eigenvalue weighted by Crippen LogP contribution is -2.37. The van der Waals surface area contributed by atoms with Crippen LogP contribution < -0.4 is 16.1 Å². The zero-order valence-electron chi connectivity index (χ0n) is 11.2. The second kappa shape index (κ2) is 8.98. The molecule has 0 saturated heterocycles. The van der Waals surface area contributed by atoms with Crippen LogP contribution in [0.5, 0.6) is 0 Å². The molecule has 0 fully saturated rings. The number of nitrogens with zero attached hydrogens (tertiary/aromatic N) is 1. The number of hydrogen-bond acceptors (Lipinski definition) is 6. The van der Waals surface area contributed by atoms with Gasteiger partial charge in [-0.3, -0.25) is 10.3 Å². The predicted octanol–water partition coefficient (Wildman–Crippen LogP) is 1.51. The zero-order valence-corrected chi connectivity index (χ0v) is 12.0. The van der Waals surface area contributed by atoms with Gasteiger partial charge in [0.15, 0.2) is 0 Å². The molecule has 0 bridgehead atoms. The number of rotatable bonds is 9. The van der Waals surface area contributed by atoms with Crippen LogP contribution in [0.25, 0.3) is 0 Å². The number of hydroxylamine groups is 1. The van der Waals surface area contributed by atoms with Crippen molar-refractivity contribution in [2.24, 2.45) is 0 Å². The van der Waals surface area contributed by atoms with Gasteiger partial charge in [-0.25, -0.2) is 13.2 Å². The molecule has 1 aromatic rings. The average molecular weight is 325 g/mol. The van der Waals surface area contributed by atoms with E-state index >= 15 is 0 Å². The van der Waals surface area contributed by atoms with E-state index in [9.17, 15) is 23.5 Å². The molecular formula is C12H18F3N3O2S. The number of hydrogen-bond donors (Lipinski definition) is 4. The van der Waals surface area contributed by atoms with Gasteiger partial charge in [0.2, 0.25) is 6.43 Å². The molecule has 0 aliphatic rings. The summed E-state index contributed by atoms with van der Waals surface area (Å²) in [6, 6.07) is 3.77. The van der Waals surface area contributed by atoms with Crippen LogP contribution in [-0.4, -0.2) is 47.6 Å². The third-order valence-electron chi connectivity index (χ3n) is 2.49. The molecule has 0 heterocycles. The highest BCUT2D eigenvalue weighted by Crippen LogP contribution is 2.18. The SMILES string of the molecule is Nc1ccc(N(O)C[C@@H](O)CNCSCC(F)F)cc1F. The first-order chi connectivity index (χ1) is 9.90. The molecule has 21 heavy (non-hydrogen) atoms. The first-order valence-corrected chi connectivity index (χ1v) is 7.31. The molecule has 0 saturated carbocycles. The molecule has 0 aliphatic carbocycles. The highest BCUT2D eigenvalue weighted by Gasteiger charge is 2.12. The Hall–Kier alpha value is -1.16. The van der Waals surface area contributed by atoms with Crippen molar-refractivity contribution < 1.29 is 23.5 Å². The maximum Gasteiger partial charge on any atom is 0.247 e. The number of anilines is 2. The molecule has 1 aromatic carbocycles. The summed E-state index contributed by atoms with van der Waals surface area (Å²) in [7, 11) is 0. The number of nitrogens with one attached hydrogen (secondary N) is 1. The maximum atomic E-state index is 13.2. The van der Waals surface area contributed by atoms with Crippen molar-refractivity contribution in [1.82, 2.24) is 5.32 Å². The molecule has 120 valence electrons. The minimum Gasteiger partial charge on any atom is -0.396 e. The molecule has 9 heteroatoms. The van der Waals surface area contributed by atoms with Gasteiger partial charge in [0, 0.05) is 18.5 Å². The Morgan fingerprint density at radius 1 is 1.38 bits per heavy atom. The number of nitrogens with two attached hydrogens (primary N) is 1. The van der Waals surface area contributed by atoms with Gasteiger partial charge in [-0.2, -0.15) is 0 Å². The van der Waals surface area contributed by atoms with Crippen LogP contribution in [0.1, 0.15) is 0 Å². The molecule has 0 unspecified atom stereocenters. The topological polar surface area (TPSA) is 81.8 Å². The van der Waals surface area contributed by atoms with E-state index in [0.29, 0.717) is 5.06 Å². The van der Waals surface area contributed by atoms with Gasteiger partial charge in [0.25, 0.3) is 0 Å². The summed E-state index contributed by atoms with van der Waals surface area (Å²) in [6.45, 7) is -0.0410. The molecule has 0 aromatic heterocycles. The van der Waals surface area contributed by atoms with Crippen LogP contribution in [0.3, 0.4) is 0 Å². The summed E-state index contributed by atoms with van der Waals surface area (Å²) in [5, 5.41) is 22.8. The molecular weight excluding hydrogens is 307 g/mol. The monoisotopic (exact) mass is 325 g/mol. The van der Waals surface area contributed by atoms with Crippen LogP contribution in [0.4, 0.5) is 24.5 Å². The molecule has 1 rings (SSSR count). The van der Waals surface area contributed by atoms with Gasteiger partial charge in [-0.1, -0.05) is 0 Å². The van der Waals surface area contributed by atoms with Crippen LogP contribution >= 0.6 is 11.8 Å². The summed E-state index contributed by atoms with van der Waals surface area (Å²) >= 11 is 1.01. The Labute approximate surface area is 124 Å². The predicted molar refractivity (Wildman–Crippen MR) is 77.3 cm³/mol. The molecule has 0 aliphatic heterocycles. The van der Waals surface area contributed by atoms with Gasteiger partial charge in [0.1, 0.15) is 5.82 Å². The van der Waals surface area contributed by atoms with Crippen LogP contribution in [0.15, 0.2) is 18.2 Å². The van der Waals surface area contributed by atoms with Crippen molar-refractivity contribution in [2.45, 2.75) is 12.5 Å². The Morgan fingerprint density at radius 3 is 2.71 bits per heavy atom. The number of alkyl halides is 2. The fraction of sp³-hybridized carbons (Fsp3) is 0.500. The van der Waals surface area contributed by atoms with Crippen molar-refractivity contribution in [3.63, 3.8) is 0 Å². The van der Waals surface area contributed by atoms with Gasteiger partial charge in [-0.05, 0) is 12.1 Å². The molecule has 0 spiro atoms. The molecule has 0 amide bonds. The zero-order chi connectivity index (χ0) is 15.8. The fourth-order valence-electron chi connectivity index (χ4n) is 1.49. The van der Waals surface area contributed by atoms with Crippen molar-refractivity contribution in [3.05, 3.63) is 24.0 Å². The molecule has 1 atom stereocenters. The van der Waals surface area contributed by atoms with Crippen molar-refractivity contribution in [3.8, 4) is 0 Å². The smallest absolute Gasteiger partial charge is 0.247 e. The second-order valence-corrected chi connectivity index (χ2v) is 5.33. The quantitative estimate of drug-likeness (QED) is 0.238. The number of benzene rings is 1. The summed E-state index contributed by atoms with van der Waals surface area (Å²) < 4.78 is 37.0. The van der Waals surface area contributed by atoms with Crippen LogP contribution in [-0.2, 0) is 0 Å². The van der Waals surface area contributed by atoms with Crippen LogP contribution in [0, 0.1) is 5.82 Å². The van der Waals surface area contributed by atoms with Gasteiger partial charge in [-0.15, -0.1) is 11.8 Å². The van der Waals surface area contributed by atoms with E-state index in [2.05, 4.69) is 5.32 Å². The number of aliphatic hydroxyl groups is 1. The lowest BCUT2D eigenvalue weighted by atomic mass is 10.2. The Morgan fingerprint density at radius 2 is 2.10 bits per heavy atom. The number of nitrogen functional groups attached to an aromatic ring is 1. The highest BCUT2D eigenvalue weighted by molar-refractivity contribution is 7.99. The third kappa shape index (κ3) is 6.89. The van der Waals surface area contributed by atoms with E-state index in [0.717, 1.165) is 17.8 Å². The van der Waals surface area contributed by atoms with Crippen LogP contribution in [0.2, 0.25) is 0 Å². The first kappa shape index (κ1) is 17.9. The summed E-state index contributed by atoms with van der Waals surface area (Å²) in [5.41, 5.74) is 5.44. The third-order valence-corrected chi connectivity index (χ3v) is 3.39. The number of thioether (sulfide) groups is 1. The van der Waals surface area contributed by atoms with Crippen molar-refractivity contribution >= 4 is 23.1 Å². The Kier molecular flexibility index (Phi) is 7.65. The maximum absolute atomic E-state index is 13.2. The minimum atomic E-state index is -2.37. The van der Waals surface area contributed by atoms with E-state index < -0.39 is 18.3 Å². The van der Waals surface area contributed by atoms with E-state index in [1.54, 1.807) is 0 Å². The Bertz CT molecular complexity index is 440. The molecule has 0 radical (unpaired) electrons. The Balaban J connectivity index is 2.29. The van der Waals surface area contributed by atoms with E-state index in [1.165, 1.54) is 12.1 Å². The van der Waals surface area contributed by atoms with Crippen molar-refractivity contribution in [1.29, 1.82) is 0 Å². The molecule has 5 nitrogen and oxygen atoms in total. The summed E-state index contributed by atoms with van der Waals surface area (Å²) in [4.78, 5) is 0. The van der Waals surface area contributed by atoms with Crippen molar-refractivity contribution in [2.75, 3.05) is 35.5 Å². The van der Waals surface area contributed by atoms with E-state index in [4.69, 9.17) is 5.73 Å². The first-order valence-electron chi connectivity index (χ1n) is 6.16. The standard InChI is InChI=1S/C12H18F3N3O2S/c13-10-3-8(1-2-11(10)16)18(20)5-9(19)4-17-7-21-6-12(14)15/h1-3,9,12,17,19-20H,4-7,16H2/t9-/m0/s1. The lowest BCUT2D eigenvalue weighted by molar-refractivity contribution is 0.137. The van der Waals surface area contributed by atoms with E-state index in [-0.39, 0.29) is 36.1 Å². The summed E-state index contributed by atoms with van der Waals surface area (Å²) in [6.07, 6.45) is -3.31. The summed E-state index contributed by atoms with van der Waals surface area (Å²) in [5.74, 6) is -0.675. The highest BCUT2D eigenvalue weighted by atomic mass is 32.2. The van der Waals surface area contributed by atoms with Gasteiger partial charge >= 0.3 is 0 Å². The molecule has 5 N–H and O–H groups in total. The lowest BCUT2D eigenvalue weighted by Gasteiger charge is -2.21. The number of halogens is 3. The average Bonchev–Trinajstić information content (AvgIpc) is 2.41. The number of aliphatic hydroxyl groups excluding tert-OH is 1. The fourth-order valence-corrected chi connectivity index (χ4v) is 2.05. The second-order valence-electron chi connectivity index (χ2n) is 4.30.